The van der Waals surface area contributed by atoms with Gasteiger partial charge in [0.05, 0.1) is 6.54 Å². The average molecular weight is 199 g/mol. The van der Waals surface area contributed by atoms with Crippen LogP contribution in [0.15, 0.2) is 35.3 Å². The number of aldehydes is 1. The van der Waals surface area contributed by atoms with Crippen LogP contribution in [0.4, 0.5) is 0 Å². The predicted octanol–water partition coefficient (Wildman–Crippen LogP) is 2.27. The van der Waals surface area contributed by atoms with E-state index in [-0.39, 0.29) is 0 Å². The molecule has 0 bridgehead atoms. The molecule has 0 aromatic heterocycles. The smallest absolute Gasteiger partial charge is 0.124 e. The van der Waals surface area contributed by atoms with Crippen LogP contribution in [-0.2, 0) is 11.3 Å². The number of carbonyl (C=O) groups is 1. The van der Waals surface area contributed by atoms with Crippen molar-refractivity contribution < 1.29 is 4.79 Å². The number of hydrogen-bond acceptors (Lipinski definition) is 2. The van der Waals surface area contributed by atoms with E-state index in [1.54, 1.807) is 25.5 Å². The monoisotopic (exact) mass is 199 g/mol. The Balaban J connectivity index is 2.09. The maximum absolute atomic E-state index is 9.92. The quantitative estimate of drug-likeness (QED) is 0.376. The van der Waals surface area contributed by atoms with Gasteiger partial charge in [0.15, 0.2) is 0 Å². The molecule has 1 aromatic carbocycles. The van der Waals surface area contributed by atoms with Gasteiger partial charge in [-0.05, 0) is 18.4 Å². The minimum Gasteiger partial charge on any atom is -0.303 e. The van der Waals surface area contributed by atoms with E-state index < -0.39 is 0 Å². The molecule has 15 heavy (non-hydrogen) atoms. The van der Waals surface area contributed by atoms with Crippen molar-refractivity contribution in [1.29, 1.82) is 0 Å². The number of nitrogens with zero attached hydrogens (tertiary/aromatic N) is 1. The lowest BCUT2D eigenvalue weighted by Gasteiger charge is -1.94. The van der Waals surface area contributed by atoms with Crippen molar-refractivity contribution in [3.05, 3.63) is 61.6 Å². The Morgan fingerprint density at radius 3 is 2.47 bits per heavy atom. The zero-order valence-electron chi connectivity index (χ0n) is 8.41. The summed E-state index contributed by atoms with van der Waals surface area (Å²) in [6.07, 6.45) is 9.13. The lowest BCUT2D eigenvalue weighted by molar-refractivity contribution is -0.105. The molecule has 0 amide bonds. The van der Waals surface area contributed by atoms with Crippen LogP contribution in [0.5, 0.6) is 0 Å². The van der Waals surface area contributed by atoms with Crippen molar-refractivity contribution in [3.63, 3.8) is 0 Å². The molecule has 0 saturated carbocycles. The summed E-state index contributed by atoms with van der Waals surface area (Å²) >= 11 is 0. The van der Waals surface area contributed by atoms with E-state index in [0.29, 0.717) is 6.54 Å². The van der Waals surface area contributed by atoms with Gasteiger partial charge < -0.3 is 4.79 Å². The third-order valence-corrected chi connectivity index (χ3v) is 1.72. The molecule has 4 radical (unpaired) electrons. The van der Waals surface area contributed by atoms with Crippen LogP contribution in [-0.4, -0.2) is 12.5 Å². The molecule has 0 fully saturated rings. The molecule has 0 saturated heterocycles. The van der Waals surface area contributed by atoms with Crippen molar-refractivity contribution in [3.8, 4) is 0 Å². The summed E-state index contributed by atoms with van der Waals surface area (Å²) < 4.78 is 0. The summed E-state index contributed by atoms with van der Waals surface area (Å²) in [4.78, 5) is 14.1. The summed E-state index contributed by atoms with van der Waals surface area (Å²) in [5, 5.41) is 0. The van der Waals surface area contributed by atoms with Crippen molar-refractivity contribution in [1.82, 2.24) is 0 Å². The Morgan fingerprint density at radius 2 is 1.73 bits per heavy atom. The average Bonchev–Trinajstić information content (AvgIpc) is 2.29. The molecular formula is C13H13NO. The largest absolute Gasteiger partial charge is 0.303 e. The molecule has 0 spiro atoms. The Kier molecular flexibility index (Phi) is 6.14. The fourth-order valence-electron chi connectivity index (χ4n) is 1.03. The maximum Gasteiger partial charge on any atom is 0.124 e. The van der Waals surface area contributed by atoms with Gasteiger partial charge in [0, 0.05) is 19.1 Å². The van der Waals surface area contributed by atoms with Gasteiger partial charge in [0.25, 0.3) is 0 Å². The fourth-order valence-corrected chi connectivity index (χ4v) is 1.03. The van der Waals surface area contributed by atoms with Crippen LogP contribution in [0.1, 0.15) is 5.56 Å². The second-order valence-corrected chi connectivity index (χ2v) is 2.88. The van der Waals surface area contributed by atoms with Crippen LogP contribution in [0.3, 0.4) is 0 Å². The topological polar surface area (TPSA) is 29.4 Å². The van der Waals surface area contributed by atoms with Crippen molar-refractivity contribution in [2.75, 3.05) is 0 Å². The first-order valence-electron chi connectivity index (χ1n) is 4.74. The van der Waals surface area contributed by atoms with Crippen LogP contribution in [0.25, 0.3) is 0 Å². The van der Waals surface area contributed by atoms with Crippen LogP contribution in [0.2, 0.25) is 0 Å². The highest BCUT2D eigenvalue weighted by Crippen LogP contribution is 1.99. The number of hydrogen-bond donors (Lipinski definition) is 0. The van der Waals surface area contributed by atoms with Crippen molar-refractivity contribution >= 4 is 12.5 Å². The first-order chi connectivity index (χ1) is 7.43. The lowest BCUT2D eigenvalue weighted by atomic mass is 10.2. The van der Waals surface area contributed by atoms with Crippen molar-refractivity contribution in [2.24, 2.45) is 4.99 Å². The maximum atomic E-state index is 9.92. The molecule has 76 valence electrons. The fraction of sp³-hybridized carbons (Fsp3) is 0.0769. The SMILES string of the molecule is O=C[CH][CH][CH][CH]C=NCc1ccccc1. The molecular weight excluding hydrogens is 186 g/mol. The van der Waals surface area contributed by atoms with E-state index in [4.69, 9.17) is 0 Å². The number of aliphatic imine (C=N–C) groups is 1. The number of rotatable bonds is 7. The number of unbranched alkanes of at least 4 members (excludes halogenated alkanes) is 3. The normalized spacial score (nSPS) is 10.7. The third-order valence-electron chi connectivity index (χ3n) is 1.72. The lowest BCUT2D eigenvalue weighted by Crippen LogP contribution is -1.86. The molecule has 0 heterocycles. The Bertz CT molecular complexity index is 293. The Morgan fingerprint density at radius 1 is 1.00 bits per heavy atom. The molecule has 2 nitrogen and oxygen atoms in total. The molecule has 0 aliphatic carbocycles. The molecule has 0 unspecified atom stereocenters. The van der Waals surface area contributed by atoms with E-state index in [1.165, 1.54) is 12.0 Å². The van der Waals surface area contributed by atoms with E-state index in [2.05, 4.69) is 4.99 Å². The minimum atomic E-state index is 0.683. The number of benzene rings is 1. The van der Waals surface area contributed by atoms with Crippen LogP contribution < -0.4 is 0 Å². The molecule has 0 atom stereocenters. The third kappa shape index (κ3) is 5.78. The van der Waals surface area contributed by atoms with Gasteiger partial charge in [-0.15, -0.1) is 0 Å². The summed E-state index contributed by atoms with van der Waals surface area (Å²) in [5.74, 6) is 0. The van der Waals surface area contributed by atoms with Gasteiger partial charge in [-0.1, -0.05) is 30.3 Å². The first kappa shape index (κ1) is 11.6. The summed E-state index contributed by atoms with van der Waals surface area (Å²) in [7, 11) is 0. The van der Waals surface area contributed by atoms with E-state index in [0.717, 1.165) is 6.29 Å². The van der Waals surface area contributed by atoms with Gasteiger partial charge in [0.2, 0.25) is 0 Å². The minimum absolute atomic E-state index is 0.683. The molecule has 1 aromatic rings. The Labute approximate surface area is 91.0 Å². The molecule has 0 aliphatic rings. The van der Waals surface area contributed by atoms with Crippen molar-refractivity contribution in [2.45, 2.75) is 6.54 Å². The van der Waals surface area contributed by atoms with Gasteiger partial charge in [0.1, 0.15) is 6.29 Å². The predicted molar refractivity (Wildman–Crippen MR) is 61.9 cm³/mol. The van der Waals surface area contributed by atoms with E-state index in [1.807, 2.05) is 30.3 Å². The summed E-state index contributed by atoms with van der Waals surface area (Å²) in [6, 6.07) is 10.0. The zero-order valence-corrected chi connectivity index (χ0v) is 8.41. The molecule has 2 heteroatoms. The van der Waals surface area contributed by atoms with E-state index >= 15 is 0 Å². The molecule has 1 rings (SSSR count). The Hall–Kier alpha value is -1.44. The standard InChI is InChI=1S/C13H13NO/c15-11-7-2-1-6-10-14-12-13-8-4-3-5-9-13/h1-11H,12H2. The zero-order chi connectivity index (χ0) is 10.8. The highest BCUT2D eigenvalue weighted by Gasteiger charge is 1.88. The highest BCUT2D eigenvalue weighted by atomic mass is 16.1. The van der Waals surface area contributed by atoms with Gasteiger partial charge in [-0.25, -0.2) is 0 Å². The van der Waals surface area contributed by atoms with Crippen LogP contribution in [0, 0.1) is 25.7 Å². The molecule has 0 N–H and O–H groups in total. The van der Waals surface area contributed by atoms with Gasteiger partial charge in [-0.3, -0.25) is 4.99 Å². The van der Waals surface area contributed by atoms with Gasteiger partial charge >= 0.3 is 0 Å². The second kappa shape index (κ2) is 7.92. The van der Waals surface area contributed by atoms with Gasteiger partial charge in [-0.2, -0.15) is 0 Å². The summed E-state index contributed by atoms with van der Waals surface area (Å²) in [5.41, 5.74) is 1.19. The first-order valence-corrected chi connectivity index (χ1v) is 4.74. The van der Waals surface area contributed by atoms with E-state index in [9.17, 15) is 4.79 Å². The summed E-state index contributed by atoms with van der Waals surface area (Å²) in [6.45, 7) is 0.683. The molecule has 0 aliphatic heterocycles. The van der Waals surface area contributed by atoms with Crippen LogP contribution >= 0.6 is 0 Å². The number of carbonyl (C=O) groups excluding carboxylic acids is 1. The second-order valence-electron chi connectivity index (χ2n) is 2.88. The highest BCUT2D eigenvalue weighted by molar-refractivity contribution is 5.72.